The van der Waals surface area contributed by atoms with E-state index in [4.69, 9.17) is 14.7 Å². The van der Waals surface area contributed by atoms with E-state index in [0.717, 1.165) is 27.4 Å². The molecule has 1 aromatic heterocycles. The summed E-state index contributed by atoms with van der Waals surface area (Å²) in [6.45, 7) is 0.313. The largest absolute Gasteiger partial charge is 0.496 e. The number of fused-ring (bicyclic) bond motifs is 3. The summed E-state index contributed by atoms with van der Waals surface area (Å²) in [5, 5.41) is 3.17. The molecule has 0 unspecified atom stereocenters. The van der Waals surface area contributed by atoms with Gasteiger partial charge < -0.3 is 10.1 Å². The van der Waals surface area contributed by atoms with Crippen molar-refractivity contribution in [1.82, 2.24) is 9.97 Å². The van der Waals surface area contributed by atoms with E-state index in [1.807, 2.05) is 18.2 Å². The fourth-order valence-corrected chi connectivity index (χ4v) is 4.24. The average molecular weight is 517 g/mol. The average Bonchev–Trinajstić information content (AvgIpc) is 3.01. The van der Waals surface area contributed by atoms with Crippen molar-refractivity contribution in [2.24, 2.45) is 4.99 Å². The van der Waals surface area contributed by atoms with E-state index in [2.05, 4.69) is 26.2 Å². The maximum Gasteiger partial charge on any atom is 0.227 e. The molecular formula is C26H18BrFN4O2. The SMILES string of the molecule is COc1cc(Nc2ncc3c(n2)-c2cc(Br)ccc2C(c2ccccc2F)=NC3)ccc1C=O. The first-order valence-electron chi connectivity index (χ1n) is 10.4. The minimum absolute atomic E-state index is 0.313. The van der Waals surface area contributed by atoms with Crippen LogP contribution in [0.3, 0.4) is 0 Å². The number of aromatic nitrogens is 2. The Bertz CT molecular complexity index is 1450. The predicted octanol–water partition coefficient (Wildman–Crippen LogP) is 5.96. The van der Waals surface area contributed by atoms with Crippen molar-refractivity contribution in [3.63, 3.8) is 0 Å². The van der Waals surface area contributed by atoms with Gasteiger partial charge in [-0.15, -0.1) is 0 Å². The fourth-order valence-electron chi connectivity index (χ4n) is 3.88. The second kappa shape index (κ2) is 9.15. The smallest absolute Gasteiger partial charge is 0.227 e. The zero-order valence-electron chi connectivity index (χ0n) is 18.0. The van der Waals surface area contributed by atoms with Gasteiger partial charge in [0.15, 0.2) is 6.29 Å². The van der Waals surface area contributed by atoms with Crippen LogP contribution in [0.5, 0.6) is 5.75 Å². The predicted molar refractivity (Wildman–Crippen MR) is 133 cm³/mol. The highest BCUT2D eigenvalue weighted by Crippen LogP contribution is 2.34. The molecule has 0 bridgehead atoms. The fraction of sp³-hybridized carbons (Fsp3) is 0.0769. The molecule has 4 aromatic rings. The van der Waals surface area contributed by atoms with Crippen LogP contribution in [0.4, 0.5) is 16.0 Å². The van der Waals surface area contributed by atoms with Crippen LogP contribution in [-0.4, -0.2) is 29.1 Å². The number of hydrogen-bond acceptors (Lipinski definition) is 6. The first kappa shape index (κ1) is 21.9. The summed E-state index contributed by atoms with van der Waals surface area (Å²) >= 11 is 3.54. The summed E-state index contributed by atoms with van der Waals surface area (Å²) in [4.78, 5) is 25.1. The molecular weight excluding hydrogens is 499 g/mol. The van der Waals surface area contributed by atoms with Crippen LogP contribution >= 0.6 is 15.9 Å². The van der Waals surface area contributed by atoms with Crippen LogP contribution < -0.4 is 10.1 Å². The number of aliphatic imine (C=N–C) groups is 1. The van der Waals surface area contributed by atoms with Gasteiger partial charge in [0.05, 0.1) is 30.6 Å². The number of rotatable bonds is 5. The molecule has 1 N–H and O–H groups in total. The Morgan fingerprint density at radius 3 is 2.71 bits per heavy atom. The van der Waals surface area contributed by atoms with Crippen LogP contribution in [0.2, 0.25) is 0 Å². The number of benzene rings is 3. The lowest BCUT2D eigenvalue weighted by Crippen LogP contribution is -2.07. The molecule has 1 aliphatic heterocycles. The summed E-state index contributed by atoms with van der Waals surface area (Å²) in [6, 6.07) is 17.5. The van der Waals surface area contributed by atoms with Crippen LogP contribution in [-0.2, 0) is 6.54 Å². The van der Waals surface area contributed by atoms with E-state index in [0.29, 0.717) is 46.5 Å². The highest BCUT2D eigenvalue weighted by molar-refractivity contribution is 9.10. The molecule has 1 aliphatic rings. The second-order valence-electron chi connectivity index (χ2n) is 7.60. The molecule has 0 radical (unpaired) electrons. The lowest BCUT2D eigenvalue weighted by Gasteiger charge is -2.13. The van der Waals surface area contributed by atoms with Gasteiger partial charge in [0.2, 0.25) is 5.95 Å². The van der Waals surface area contributed by atoms with E-state index < -0.39 is 0 Å². The number of carbonyl (C=O) groups excluding carboxylic acids is 1. The van der Waals surface area contributed by atoms with E-state index in [1.165, 1.54) is 13.2 Å². The van der Waals surface area contributed by atoms with E-state index in [-0.39, 0.29) is 5.82 Å². The standard InChI is InChI=1S/C26H18BrFN4O2/c1-34-23-11-18(8-6-15(23)14-33)31-26-30-13-16-12-29-25(20-4-2-3-5-22(20)28)19-9-7-17(27)10-21(19)24(16)32-26/h2-11,13-14H,12H2,1H3,(H,30,31,32). The molecule has 3 aromatic carbocycles. The first-order chi connectivity index (χ1) is 16.6. The molecule has 0 fully saturated rings. The molecule has 0 spiro atoms. The number of anilines is 2. The summed E-state index contributed by atoms with van der Waals surface area (Å²) in [5.41, 5.74) is 5.28. The maximum absolute atomic E-state index is 14.7. The molecule has 2 heterocycles. The van der Waals surface area contributed by atoms with Gasteiger partial charge in [0.1, 0.15) is 11.6 Å². The van der Waals surface area contributed by atoms with Gasteiger partial charge in [-0.25, -0.2) is 14.4 Å². The molecule has 0 saturated heterocycles. The third-order valence-electron chi connectivity index (χ3n) is 5.51. The van der Waals surface area contributed by atoms with Gasteiger partial charge in [-0.2, -0.15) is 0 Å². The van der Waals surface area contributed by atoms with Crippen molar-refractivity contribution in [2.75, 3.05) is 12.4 Å². The Kier molecular flexibility index (Phi) is 5.90. The highest BCUT2D eigenvalue weighted by atomic mass is 79.9. The second-order valence-corrected chi connectivity index (χ2v) is 8.52. The van der Waals surface area contributed by atoms with Crippen LogP contribution in [0.1, 0.15) is 27.0 Å². The molecule has 8 heteroatoms. The normalized spacial score (nSPS) is 12.1. The van der Waals surface area contributed by atoms with Gasteiger partial charge in [-0.1, -0.05) is 34.1 Å². The van der Waals surface area contributed by atoms with Crippen molar-refractivity contribution in [3.05, 3.63) is 99.4 Å². The number of nitrogens with one attached hydrogen (secondary N) is 1. The van der Waals surface area contributed by atoms with Crippen molar-refractivity contribution in [2.45, 2.75) is 6.54 Å². The third kappa shape index (κ3) is 4.08. The van der Waals surface area contributed by atoms with E-state index in [1.54, 1.807) is 42.6 Å². The van der Waals surface area contributed by atoms with Crippen LogP contribution in [0.15, 0.2) is 76.3 Å². The Hall–Kier alpha value is -3.91. The van der Waals surface area contributed by atoms with Gasteiger partial charge in [0.25, 0.3) is 0 Å². The lowest BCUT2D eigenvalue weighted by atomic mass is 9.95. The molecule has 0 amide bonds. The van der Waals surface area contributed by atoms with Crippen LogP contribution in [0, 0.1) is 5.82 Å². The third-order valence-corrected chi connectivity index (χ3v) is 6.00. The minimum Gasteiger partial charge on any atom is -0.496 e. The number of ether oxygens (including phenoxy) is 1. The zero-order valence-corrected chi connectivity index (χ0v) is 19.6. The van der Waals surface area contributed by atoms with Gasteiger partial charge >= 0.3 is 0 Å². The van der Waals surface area contributed by atoms with Gasteiger partial charge in [-0.05, 0) is 36.4 Å². The van der Waals surface area contributed by atoms with E-state index in [9.17, 15) is 9.18 Å². The number of methoxy groups -OCH3 is 1. The van der Waals surface area contributed by atoms with Crippen molar-refractivity contribution in [3.8, 4) is 17.0 Å². The Morgan fingerprint density at radius 1 is 1.06 bits per heavy atom. The number of nitrogens with zero attached hydrogens (tertiary/aromatic N) is 3. The minimum atomic E-state index is -0.331. The quantitative estimate of drug-likeness (QED) is 0.331. The number of halogens is 2. The van der Waals surface area contributed by atoms with Crippen molar-refractivity contribution >= 4 is 39.6 Å². The molecule has 5 rings (SSSR count). The molecule has 34 heavy (non-hydrogen) atoms. The van der Waals surface area contributed by atoms with Crippen LogP contribution in [0.25, 0.3) is 11.3 Å². The Balaban J connectivity index is 1.59. The Labute approximate surface area is 203 Å². The first-order valence-corrected chi connectivity index (χ1v) is 11.2. The summed E-state index contributed by atoms with van der Waals surface area (Å²) in [7, 11) is 1.51. The monoisotopic (exact) mass is 516 g/mol. The Morgan fingerprint density at radius 2 is 1.91 bits per heavy atom. The maximum atomic E-state index is 14.7. The highest BCUT2D eigenvalue weighted by Gasteiger charge is 2.23. The van der Waals surface area contributed by atoms with Crippen molar-refractivity contribution in [1.29, 1.82) is 0 Å². The summed E-state index contributed by atoms with van der Waals surface area (Å²) in [6.07, 6.45) is 2.46. The summed E-state index contributed by atoms with van der Waals surface area (Å²) < 4.78 is 20.8. The van der Waals surface area contributed by atoms with Gasteiger partial charge in [-0.3, -0.25) is 9.79 Å². The summed E-state index contributed by atoms with van der Waals surface area (Å²) in [5.74, 6) is 0.495. The van der Waals surface area contributed by atoms with Crippen molar-refractivity contribution < 1.29 is 13.9 Å². The molecule has 0 aliphatic carbocycles. The molecule has 0 saturated carbocycles. The molecule has 168 valence electrons. The van der Waals surface area contributed by atoms with Gasteiger partial charge in [0, 0.05) is 44.7 Å². The topological polar surface area (TPSA) is 76.5 Å². The number of aldehydes is 1. The number of hydrogen-bond donors (Lipinski definition) is 1. The number of carbonyl (C=O) groups is 1. The lowest BCUT2D eigenvalue weighted by molar-refractivity contribution is 0.112. The van der Waals surface area contributed by atoms with E-state index >= 15 is 0 Å². The zero-order chi connectivity index (χ0) is 23.7. The molecule has 0 atom stereocenters. The molecule has 6 nitrogen and oxygen atoms in total.